The van der Waals surface area contributed by atoms with E-state index in [0.29, 0.717) is 23.3 Å². The lowest BCUT2D eigenvalue weighted by atomic mass is 10.1. The number of rotatable bonds is 9. The molecule has 3 aromatic heterocycles. The van der Waals surface area contributed by atoms with Crippen LogP contribution >= 0.6 is 0 Å². The Bertz CT molecular complexity index is 3390. The molecule has 0 aliphatic carbocycles. The molecular weight excluding hydrogens is 761 g/mol. The molecule has 3 heterocycles. The number of amidine groups is 2. The van der Waals surface area contributed by atoms with E-state index in [-0.39, 0.29) is 5.84 Å². The van der Waals surface area contributed by atoms with Crippen LogP contribution in [0.15, 0.2) is 212 Å². The maximum Gasteiger partial charge on any atom is 0.164 e. The Kier molecular flexibility index (Phi) is 9.91. The second-order valence-corrected chi connectivity index (χ2v) is 14.8. The SMILES string of the molecule is C=C/C(=C\C=C/C)c1nc(-c2ccccc2)nc(-c2ccc(-n3c4ccccc4c4cc5c(cc43)c3ccccc3n5NC(=NC(=N)c3ccccc3)c3ccccc3)cc2)n1. The molecule has 0 saturated heterocycles. The molecular formula is C54H40N8. The summed E-state index contributed by atoms with van der Waals surface area (Å²) in [6.07, 6.45) is 7.67. The fraction of sp³-hybridized carbons (Fsp3) is 0.0185. The van der Waals surface area contributed by atoms with Crippen molar-refractivity contribution in [1.82, 2.24) is 24.2 Å². The Labute approximate surface area is 358 Å². The maximum atomic E-state index is 8.95. The highest BCUT2D eigenvalue weighted by atomic mass is 15.4. The lowest BCUT2D eigenvalue weighted by molar-refractivity contribution is 1.04. The van der Waals surface area contributed by atoms with Crippen LogP contribution in [0.25, 0.3) is 77.6 Å². The van der Waals surface area contributed by atoms with E-state index in [0.717, 1.165) is 77.1 Å². The summed E-state index contributed by atoms with van der Waals surface area (Å²) in [5, 5.41) is 13.4. The Hall–Kier alpha value is -8.49. The van der Waals surface area contributed by atoms with Crippen molar-refractivity contribution in [1.29, 1.82) is 5.41 Å². The van der Waals surface area contributed by atoms with Crippen molar-refractivity contribution < 1.29 is 0 Å². The summed E-state index contributed by atoms with van der Waals surface area (Å²) in [4.78, 5) is 19.7. The third-order valence-corrected chi connectivity index (χ3v) is 11.0. The minimum Gasteiger partial charge on any atom is -0.309 e. The molecule has 296 valence electrons. The highest BCUT2D eigenvalue weighted by molar-refractivity contribution is 6.20. The van der Waals surface area contributed by atoms with Gasteiger partial charge in [-0.2, -0.15) is 0 Å². The monoisotopic (exact) mass is 800 g/mol. The van der Waals surface area contributed by atoms with Crippen LogP contribution in [0.3, 0.4) is 0 Å². The van der Waals surface area contributed by atoms with E-state index in [2.05, 4.69) is 106 Å². The van der Waals surface area contributed by atoms with E-state index in [1.165, 1.54) is 0 Å². The highest BCUT2D eigenvalue weighted by Crippen LogP contribution is 2.38. The van der Waals surface area contributed by atoms with E-state index in [1.54, 1.807) is 6.08 Å². The van der Waals surface area contributed by atoms with Crippen molar-refractivity contribution in [2.75, 3.05) is 5.43 Å². The molecule has 0 aliphatic heterocycles. The minimum atomic E-state index is 0.171. The van der Waals surface area contributed by atoms with Gasteiger partial charge in [-0.05, 0) is 55.5 Å². The van der Waals surface area contributed by atoms with Gasteiger partial charge in [-0.3, -0.25) is 15.5 Å². The molecule has 0 amide bonds. The van der Waals surface area contributed by atoms with Crippen LogP contribution in [-0.2, 0) is 0 Å². The van der Waals surface area contributed by atoms with Crippen molar-refractivity contribution >= 4 is 60.9 Å². The molecule has 0 aliphatic rings. The van der Waals surface area contributed by atoms with E-state index < -0.39 is 0 Å². The first-order valence-corrected chi connectivity index (χ1v) is 20.5. The number of benzene rings is 7. The Balaban J connectivity index is 1.11. The summed E-state index contributed by atoms with van der Waals surface area (Å²) in [6.45, 7) is 6.02. The van der Waals surface area contributed by atoms with Gasteiger partial charge in [0.1, 0.15) is 0 Å². The fourth-order valence-corrected chi connectivity index (χ4v) is 8.00. The largest absolute Gasteiger partial charge is 0.309 e. The maximum absolute atomic E-state index is 8.95. The number of para-hydroxylation sites is 2. The number of allylic oxidation sites excluding steroid dienone is 5. The van der Waals surface area contributed by atoms with E-state index >= 15 is 0 Å². The average molecular weight is 801 g/mol. The zero-order valence-electron chi connectivity index (χ0n) is 33.9. The number of hydrogen-bond acceptors (Lipinski definition) is 4. The molecule has 8 heteroatoms. The summed E-state index contributed by atoms with van der Waals surface area (Å²) in [5.74, 6) is 2.47. The molecule has 62 heavy (non-hydrogen) atoms. The molecule has 0 bridgehead atoms. The van der Waals surface area contributed by atoms with Crippen LogP contribution in [0.2, 0.25) is 0 Å². The summed E-state index contributed by atoms with van der Waals surface area (Å²) in [7, 11) is 0. The number of hydrogen-bond donors (Lipinski definition) is 2. The quantitative estimate of drug-likeness (QED) is 0.0863. The van der Waals surface area contributed by atoms with Crippen molar-refractivity contribution in [2.24, 2.45) is 4.99 Å². The van der Waals surface area contributed by atoms with Gasteiger partial charge in [0.05, 0.1) is 22.1 Å². The lowest BCUT2D eigenvalue weighted by Gasteiger charge is -2.15. The van der Waals surface area contributed by atoms with Gasteiger partial charge in [0, 0.05) is 55.1 Å². The highest BCUT2D eigenvalue weighted by Gasteiger charge is 2.20. The lowest BCUT2D eigenvalue weighted by Crippen LogP contribution is -2.25. The molecule has 0 radical (unpaired) electrons. The third kappa shape index (κ3) is 6.95. The molecule has 0 fully saturated rings. The summed E-state index contributed by atoms with van der Waals surface area (Å²) < 4.78 is 4.43. The van der Waals surface area contributed by atoms with Crippen molar-refractivity contribution in [3.8, 4) is 28.5 Å². The predicted molar refractivity (Wildman–Crippen MR) is 257 cm³/mol. The van der Waals surface area contributed by atoms with Crippen LogP contribution in [0.1, 0.15) is 23.9 Å². The zero-order valence-corrected chi connectivity index (χ0v) is 33.9. The number of fused-ring (bicyclic) bond motifs is 6. The summed E-state index contributed by atoms with van der Waals surface area (Å²) in [6, 6.07) is 59.5. The number of aromatic nitrogens is 5. The zero-order chi connectivity index (χ0) is 42.0. The first kappa shape index (κ1) is 37.8. The van der Waals surface area contributed by atoms with Crippen LogP contribution in [0.4, 0.5) is 0 Å². The minimum absolute atomic E-state index is 0.171. The summed E-state index contributed by atoms with van der Waals surface area (Å²) >= 11 is 0. The predicted octanol–water partition coefficient (Wildman–Crippen LogP) is 12.6. The summed E-state index contributed by atoms with van der Waals surface area (Å²) in [5.41, 5.74) is 13.0. The van der Waals surface area contributed by atoms with Crippen molar-refractivity contribution in [2.45, 2.75) is 6.92 Å². The van der Waals surface area contributed by atoms with Crippen LogP contribution in [-0.4, -0.2) is 35.9 Å². The van der Waals surface area contributed by atoms with E-state index in [4.69, 9.17) is 25.4 Å². The van der Waals surface area contributed by atoms with E-state index in [1.807, 2.05) is 116 Å². The number of aliphatic imine (C=N–C) groups is 1. The molecule has 8 nitrogen and oxygen atoms in total. The Morgan fingerprint density at radius 2 is 1.13 bits per heavy atom. The topological polar surface area (TPSA) is 96.8 Å². The van der Waals surface area contributed by atoms with E-state index in [9.17, 15) is 0 Å². The van der Waals surface area contributed by atoms with Crippen LogP contribution in [0, 0.1) is 5.41 Å². The van der Waals surface area contributed by atoms with Crippen molar-refractivity contribution in [3.63, 3.8) is 0 Å². The van der Waals surface area contributed by atoms with Gasteiger partial charge in [-0.15, -0.1) is 0 Å². The standard InChI is InChI=1S/C54H40N8/c1-3-5-19-36(4-2)51-57-52(38-22-11-7-12-23-38)59-53(58-51)40-30-32-41(33-31-40)61-46-28-17-15-26-42(46)44-35-49-45(34-48(44)61)43-27-16-18-29-47(43)62(49)60-54(39-24-13-8-14-25-39)56-50(55)37-20-9-6-10-21-37/h3-35H,2H2,1H3,(H2,55,56,60)/b5-3-,36-19+. The first-order chi connectivity index (χ1) is 30.6. The van der Waals surface area contributed by atoms with Gasteiger partial charge < -0.3 is 4.57 Å². The fourth-order valence-electron chi connectivity index (χ4n) is 8.00. The molecule has 10 aromatic rings. The molecule has 0 atom stereocenters. The molecule has 2 N–H and O–H groups in total. The van der Waals surface area contributed by atoms with Gasteiger partial charge >= 0.3 is 0 Å². The molecule has 0 saturated carbocycles. The first-order valence-electron chi connectivity index (χ1n) is 20.5. The van der Waals surface area contributed by atoms with Crippen LogP contribution < -0.4 is 5.43 Å². The Morgan fingerprint density at radius 1 is 0.581 bits per heavy atom. The smallest absolute Gasteiger partial charge is 0.164 e. The van der Waals surface area contributed by atoms with Gasteiger partial charge in [0.25, 0.3) is 0 Å². The molecule has 0 unspecified atom stereocenters. The van der Waals surface area contributed by atoms with Gasteiger partial charge in [0.2, 0.25) is 0 Å². The molecule has 0 spiro atoms. The molecule has 7 aromatic carbocycles. The second-order valence-electron chi connectivity index (χ2n) is 14.8. The molecule has 10 rings (SSSR count). The number of nitrogens with zero attached hydrogens (tertiary/aromatic N) is 6. The van der Waals surface area contributed by atoms with Gasteiger partial charge in [-0.25, -0.2) is 19.9 Å². The number of nitrogens with one attached hydrogen (secondary N) is 2. The third-order valence-electron chi connectivity index (χ3n) is 11.0. The average Bonchev–Trinajstić information content (AvgIpc) is 3.82. The van der Waals surface area contributed by atoms with Crippen molar-refractivity contribution in [3.05, 3.63) is 224 Å². The van der Waals surface area contributed by atoms with Gasteiger partial charge in [0.15, 0.2) is 29.1 Å². The van der Waals surface area contributed by atoms with Crippen LogP contribution in [0.5, 0.6) is 0 Å². The normalized spacial score (nSPS) is 12.2. The second kappa shape index (κ2) is 16.3. The Morgan fingerprint density at radius 3 is 1.79 bits per heavy atom. The van der Waals surface area contributed by atoms with Gasteiger partial charge in [-0.1, -0.05) is 158 Å².